The first-order chi connectivity index (χ1) is 13.4. The first-order valence-electron chi connectivity index (χ1n) is 9.67. The van der Waals surface area contributed by atoms with Gasteiger partial charge in [0.1, 0.15) is 0 Å². The van der Waals surface area contributed by atoms with Crippen molar-refractivity contribution in [3.05, 3.63) is 59.2 Å². The van der Waals surface area contributed by atoms with E-state index in [1.54, 1.807) is 12.1 Å². The van der Waals surface area contributed by atoms with Crippen LogP contribution in [0.25, 0.3) is 0 Å². The smallest absolute Gasteiger partial charge is 0.239 e. The third-order valence-corrected chi connectivity index (χ3v) is 6.66. The van der Waals surface area contributed by atoms with Gasteiger partial charge in [-0.15, -0.1) is 0 Å². The maximum atomic E-state index is 12.5. The largest absolute Gasteiger partial charge is 0.362 e. The Kier molecular flexibility index (Phi) is 5.12. The van der Waals surface area contributed by atoms with E-state index in [9.17, 15) is 13.2 Å². The number of nitrogens with one attached hydrogen (secondary N) is 1. The quantitative estimate of drug-likeness (QED) is 0.804. The molecule has 148 valence electrons. The van der Waals surface area contributed by atoms with Crippen LogP contribution in [0.1, 0.15) is 35.4 Å². The third kappa shape index (κ3) is 3.91. The number of carbonyl (C=O) groups is 1. The second-order valence-corrected chi connectivity index (χ2v) is 9.16. The molecule has 1 aliphatic heterocycles. The second-order valence-electron chi connectivity index (χ2n) is 7.60. The van der Waals surface area contributed by atoms with E-state index in [1.807, 2.05) is 4.90 Å². The van der Waals surface area contributed by atoms with Crippen molar-refractivity contribution < 1.29 is 13.2 Å². The van der Waals surface area contributed by atoms with Crippen molar-refractivity contribution >= 4 is 21.6 Å². The van der Waals surface area contributed by atoms with Crippen molar-refractivity contribution in [2.75, 3.05) is 24.5 Å². The first-order valence-corrected chi connectivity index (χ1v) is 11.2. The number of aryl methyl sites for hydroxylation is 1. The lowest BCUT2D eigenvalue weighted by atomic mass is 9.83. The molecule has 0 saturated heterocycles. The van der Waals surface area contributed by atoms with Gasteiger partial charge in [0, 0.05) is 24.7 Å². The summed E-state index contributed by atoms with van der Waals surface area (Å²) < 4.78 is 23.0. The lowest BCUT2D eigenvalue weighted by molar-refractivity contribution is -0.119. The molecule has 0 radical (unpaired) electrons. The molecule has 28 heavy (non-hydrogen) atoms. The Morgan fingerprint density at radius 1 is 1.14 bits per heavy atom. The number of hydrogen-bond donors (Lipinski definition) is 2. The molecule has 0 bridgehead atoms. The Bertz CT molecular complexity index is 1000. The van der Waals surface area contributed by atoms with Gasteiger partial charge in [-0.2, -0.15) is 0 Å². The predicted molar refractivity (Wildman–Crippen MR) is 109 cm³/mol. The second kappa shape index (κ2) is 7.56. The summed E-state index contributed by atoms with van der Waals surface area (Å²) in [7, 11) is -3.71. The molecule has 3 N–H and O–H groups in total. The summed E-state index contributed by atoms with van der Waals surface area (Å²) in [6.07, 6.45) is 4.08. The average Bonchev–Trinajstić information content (AvgIpc) is 3.08. The molecule has 0 aromatic heterocycles. The van der Waals surface area contributed by atoms with Gasteiger partial charge in [0.05, 0.1) is 11.4 Å². The van der Waals surface area contributed by atoms with E-state index < -0.39 is 10.0 Å². The predicted octanol–water partition coefficient (Wildman–Crippen LogP) is 1.93. The Morgan fingerprint density at radius 3 is 2.79 bits per heavy atom. The summed E-state index contributed by atoms with van der Waals surface area (Å²) >= 11 is 0. The molecule has 2 aromatic carbocycles. The van der Waals surface area contributed by atoms with E-state index in [4.69, 9.17) is 5.14 Å². The number of sulfonamides is 1. The van der Waals surface area contributed by atoms with Crippen LogP contribution in [-0.4, -0.2) is 34.0 Å². The molecule has 0 fully saturated rings. The molecular formula is C21H25N3O3S. The Balaban J connectivity index is 1.37. The summed E-state index contributed by atoms with van der Waals surface area (Å²) in [6.45, 7) is 1.63. The van der Waals surface area contributed by atoms with Crippen LogP contribution in [0.2, 0.25) is 0 Å². The van der Waals surface area contributed by atoms with Crippen LogP contribution in [0, 0.1) is 0 Å². The molecule has 2 aliphatic rings. The van der Waals surface area contributed by atoms with Crippen LogP contribution >= 0.6 is 0 Å². The molecule has 1 heterocycles. The SMILES string of the molecule is NS(=O)(=O)c1ccc2c(c1)CCN2CC(=O)NCC1CCCc2ccccc21. The van der Waals surface area contributed by atoms with Crippen LogP contribution < -0.4 is 15.4 Å². The van der Waals surface area contributed by atoms with Crippen LogP contribution in [0.4, 0.5) is 5.69 Å². The minimum absolute atomic E-state index is 0.00794. The standard InChI is InChI=1S/C21H25N3O3S/c22-28(26,27)18-8-9-20-16(12-18)10-11-24(20)14-21(25)23-13-17-6-3-5-15-4-1-2-7-19(15)17/h1-2,4,7-9,12,17H,3,5-6,10-11,13-14H2,(H,23,25)(H2,22,26,27). The molecule has 0 saturated carbocycles. The van der Waals surface area contributed by atoms with Crippen molar-refractivity contribution in [1.29, 1.82) is 0 Å². The van der Waals surface area contributed by atoms with Crippen LogP contribution in [0.5, 0.6) is 0 Å². The topological polar surface area (TPSA) is 92.5 Å². The fraction of sp³-hybridized carbons (Fsp3) is 0.381. The van der Waals surface area contributed by atoms with E-state index in [0.717, 1.165) is 30.5 Å². The summed E-state index contributed by atoms with van der Waals surface area (Å²) in [5.41, 5.74) is 4.58. The first kappa shape index (κ1) is 19.0. The number of anilines is 1. The number of nitrogens with two attached hydrogens (primary N) is 1. The van der Waals surface area contributed by atoms with Gasteiger partial charge in [-0.25, -0.2) is 13.6 Å². The molecule has 1 unspecified atom stereocenters. The van der Waals surface area contributed by atoms with Crippen LogP contribution in [0.3, 0.4) is 0 Å². The van der Waals surface area contributed by atoms with Gasteiger partial charge in [0.2, 0.25) is 15.9 Å². The molecule has 2 aromatic rings. The van der Waals surface area contributed by atoms with E-state index in [2.05, 4.69) is 29.6 Å². The zero-order chi connectivity index (χ0) is 19.7. The minimum Gasteiger partial charge on any atom is -0.362 e. The zero-order valence-electron chi connectivity index (χ0n) is 15.7. The van der Waals surface area contributed by atoms with Gasteiger partial charge in [0.15, 0.2) is 0 Å². The van der Waals surface area contributed by atoms with Gasteiger partial charge in [-0.1, -0.05) is 24.3 Å². The highest BCUT2D eigenvalue weighted by Gasteiger charge is 2.24. The van der Waals surface area contributed by atoms with Gasteiger partial charge in [-0.3, -0.25) is 4.79 Å². The maximum Gasteiger partial charge on any atom is 0.239 e. The highest BCUT2D eigenvalue weighted by Crippen LogP contribution is 2.31. The molecule has 1 atom stereocenters. The number of amides is 1. The number of fused-ring (bicyclic) bond motifs is 2. The number of benzene rings is 2. The summed E-state index contributed by atoms with van der Waals surface area (Å²) in [5, 5.41) is 8.30. The molecule has 4 rings (SSSR count). The molecule has 0 spiro atoms. The van der Waals surface area contributed by atoms with E-state index in [-0.39, 0.29) is 17.3 Å². The zero-order valence-corrected chi connectivity index (χ0v) is 16.5. The molecule has 6 nitrogen and oxygen atoms in total. The Labute approximate surface area is 165 Å². The van der Waals surface area contributed by atoms with Crippen LogP contribution in [-0.2, 0) is 27.7 Å². The number of primary sulfonamides is 1. The number of rotatable bonds is 5. The molecular weight excluding hydrogens is 374 g/mol. The summed E-state index contributed by atoms with van der Waals surface area (Å²) in [4.78, 5) is 14.6. The van der Waals surface area contributed by atoms with Gasteiger partial charge >= 0.3 is 0 Å². The summed E-state index contributed by atoms with van der Waals surface area (Å²) in [6, 6.07) is 13.4. The Morgan fingerprint density at radius 2 is 1.96 bits per heavy atom. The normalized spacial score (nSPS) is 18.5. The highest BCUT2D eigenvalue weighted by atomic mass is 32.2. The van der Waals surface area contributed by atoms with Crippen molar-refractivity contribution in [2.45, 2.75) is 36.5 Å². The van der Waals surface area contributed by atoms with Gasteiger partial charge in [0.25, 0.3) is 0 Å². The minimum atomic E-state index is -3.71. The average molecular weight is 400 g/mol. The van der Waals surface area contributed by atoms with Crippen molar-refractivity contribution in [3.8, 4) is 0 Å². The molecule has 1 aliphatic carbocycles. The molecule has 1 amide bonds. The van der Waals surface area contributed by atoms with Crippen molar-refractivity contribution in [3.63, 3.8) is 0 Å². The fourth-order valence-corrected chi connectivity index (χ4v) is 4.88. The fourth-order valence-electron chi connectivity index (χ4n) is 4.32. The maximum absolute atomic E-state index is 12.5. The monoisotopic (exact) mass is 399 g/mol. The Hall–Kier alpha value is -2.38. The van der Waals surface area contributed by atoms with E-state index in [0.29, 0.717) is 25.4 Å². The lowest BCUT2D eigenvalue weighted by Crippen LogP contribution is -2.38. The van der Waals surface area contributed by atoms with Gasteiger partial charge in [-0.05, 0) is 60.6 Å². The van der Waals surface area contributed by atoms with Crippen molar-refractivity contribution in [1.82, 2.24) is 5.32 Å². The third-order valence-electron chi connectivity index (χ3n) is 5.74. The van der Waals surface area contributed by atoms with E-state index in [1.165, 1.54) is 17.2 Å². The van der Waals surface area contributed by atoms with Gasteiger partial charge < -0.3 is 10.2 Å². The number of hydrogen-bond acceptors (Lipinski definition) is 4. The number of nitrogens with zero attached hydrogens (tertiary/aromatic N) is 1. The summed E-state index contributed by atoms with van der Waals surface area (Å²) in [5.74, 6) is 0.364. The molecule has 7 heteroatoms. The number of carbonyl (C=O) groups excluding carboxylic acids is 1. The van der Waals surface area contributed by atoms with E-state index >= 15 is 0 Å². The lowest BCUT2D eigenvalue weighted by Gasteiger charge is -2.26. The van der Waals surface area contributed by atoms with Crippen LogP contribution in [0.15, 0.2) is 47.4 Å². The highest BCUT2D eigenvalue weighted by molar-refractivity contribution is 7.89. The van der Waals surface area contributed by atoms with Crippen molar-refractivity contribution in [2.24, 2.45) is 5.14 Å².